The van der Waals surface area contributed by atoms with Gasteiger partial charge in [-0.15, -0.1) is 0 Å². The number of carbonyl (C=O) groups excluding carboxylic acids is 1. The van der Waals surface area contributed by atoms with Crippen LogP contribution in [-0.2, 0) is 21.4 Å². The summed E-state index contributed by atoms with van der Waals surface area (Å²) in [5, 5.41) is 18.0. The van der Waals surface area contributed by atoms with Crippen LogP contribution in [0.15, 0.2) is 59.6 Å². The van der Waals surface area contributed by atoms with Crippen LogP contribution in [0.1, 0.15) is 18.4 Å². The molecule has 0 unspecified atom stereocenters. The largest absolute Gasteiger partial charge is 0.308 e. The first-order valence-electron chi connectivity index (χ1n) is 10.7. The molecule has 1 aliphatic heterocycles. The van der Waals surface area contributed by atoms with E-state index in [1.54, 1.807) is 12.1 Å². The number of hydrogen-bond donors (Lipinski definition) is 1. The van der Waals surface area contributed by atoms with E-state index >= 15 is 0 Å². The number of halogens is 2. The second kappa shape index (κ2) is 10.1. The van der Waals surface area contributed by atoms with E-state index in [0.29, 0.717) is 18.4 Å². The first-order valence-corrected chi connectivity index (χ1v) is 12.5. The molecule has 0 aliphatic carbocycles. The Morgan fingerprint density at radius 3 is 2.51 bits per heavy atom. The molecule has 35 heavy (non-hydrogen) atoms. The average Bonchev–Trinajstić information content (AvgIpc) is 3.17. The Balaban J connectivity index is 1.35. The van der Waals surface area contributed by atoms with Gasteiger partial charge in [0.2, 0.25) is 15.9 Å². The fraction of sp³-hybridized carbons (Fsp3) is 0.273. The van der Waals surface area contributed by atoms with Crippen molar-refractivity contribution >= 4 is 39.0 Å². The van der Waals surface area contributed by atoms with Gasteiger partial charge in [-0.05, 0) is 42.7 Å². The van der Waals surface area contributed by atoms with E-state index < -0.39 is 20.9 Å². The molecule has 1 aromatic heterocycles. The van der Waals surface area contributed by atoms with Crippen LogP contribution in [0.2, 0.25) is 5.02 Å². The summed E-state index contributed by atoms with van der Waals surface area (Å²) in [6.45, 7) is 0.518. The number of benzene rings is 2. The molecule has 0 radical (unpaired) electrons. The van der Waals surface area contributed by atoms with Crippen LogP contribution >= 0.6 is 11.6 Å². The van der Waals surface area contributed by atoms with Gasteiger partial charge >= 0.3 is 0 Å². The lowest BCUT2D eigenvalue weighted by Crippen LogP contribution is -2.41. The standard InChI is InChI=1S/C22H21ClFN5O5S/c23-20-14-27(13-15-2-1-3-17(24)12-15)26-21(20)25-22(30)16-8-10-28(11-9-16)35(33,34)19-6-4-18(5-7-19)29(31)32/h1-7,12,14,16H,8-11,13H2,(H,25,26,30). The summed E-state index contributed by atoms with van der Waals surface area (Å²) in [4.78, 5) is 22.9. The first kappa shape index (κ1) is 24.8. The maximum atomic E-state index is 13.4. The first-order chi connectivity index (χ1) is 16.6. The maximum Gasteiger partial charge on any atom is 0.269 e. The molecule has 0 atom stereocenters. The number of hydrogen-bond acceptors (Lipinski definition) is 6. The number of aromatic nitrogens is 2. The summed E-state index contributed by atoms with van der Waals surface area (Å²) in [5.74, 6) is -0.955. The molecule has 1 N–H and O–H groups in total. The highest BCUT2D eigenvalue weighted by molar-refractivity contribution is 7.89. The van der Waals surface area contributed by atoms with E-state index in [0.717, 1.165) is 12.1 Å². The minimum Gasteiger partial charge on any atom is -0.308 e. The zero-order chi connectivity index (χ0) is 25.2. The van der Waals surface area contributed by atoms with Gasteiger partial charge in [-0.1, -0.05) is 23.7 Å². The van der Waals surface area contributed by atoms with Gasteiger partial charge in [0.25, 0.3) is 5.69 Å². The third-order valence-electron chi connectivity index (χ3n) is 5.70. The number of non-ortho nitro benzene ring substituents is 1. The van der Waals surface area contributed by atoms with Gasteiger partial charge < -0.3 is 5.32 Å². The second-order valence-corrected chi connectivity index (χ2v) is 10.4. The lowest BCUT2D eigenvalue weighted by atomic mass is 9.97. The molecule has 1 saturated heterocycles. The molecular weight excluding hydrogens is 501 g/mol. The molecule has 0 spiro atoms. The normalized spacial score (nSPS) is 15.1. The molecular formula is C22H21ClFN5O5S. The Kier molecular flexibility index (Phi) is 7.15. The second-order valence-electron chi connectivity index (χ2n) is 8.07. The number of carbonyl (C=O) groups is 1. The zero-order valence-electron chi connectivity index (χ0n) is 18.3. The molecule has 2 heterocycles. The van der Waals surface area contributed by atoms with Crippen molar-refractivity contribution in [1.82, 2.24) is 14.1 Å². The van der Waals surface area contributed by atoms with E-state index in [2.05, 4.69) is 10.4 Å². The van der Waals surface area contributed by atoms with Crippen molar-refractivity contribution in [2.24, 2.45) is 5.92 Å². The number of nitrogens with one attached hydrogen (secondary N) is 1. The summed E-state index contributed by atoms with van der Waals surface area (Å²) >= 11 is 6.21. The molecule has 1 amide bonds. The minimum atomic E-state index is -3.83. The van der Waals surface area contributed by atoms with E-state index in [1.807, 2.05) is 0 Å². The summed E-state index contributed by atoms with van der Waals surface area (Å²) < 4.78 is 41.9. The maximum absolute atomic E-state index is 13.4. The van der Waals surface area contributed by atoms with Gasteiger partial charge in [0.15, 0.2) is 5.82 Å². The van der Waals surface area contributed by atoms with Crippen molar-refractivity contribution in [2.45, 2.75) is 24.3 Å². The van der Waals surface area contributed by atoms with Gasteiger partial charge in [0.05, 0.1) is 16.4 Å². The van der Waals surface area contributed by atoms with Crippen LogP contribution in [0.25, 0.3) is 0 Å². The molecule has 13 heteroatoms. The molecule has 1 fully saturated rings. The highest BCUT2D eigenvalue weighted by Gasteiger charge is 2.32. The van der Waals surface area contributed by atoms with Gasteiger partial charge in [0, 0.05) is 37.3 Å². The van der Waals surface area contributed by atoms with Gasteiger partial charge in [-0.25, -0.2) is 12.8 Å². The molecule has 4 rings (SSSR count). The quantitative estimate of drug-likeness (QED) is 0.373. The monoisotopic (exact) mass is 521 g/mol. The molecule has 1 aliphatic rings. The number of nitro benzene ring substituents is 1. The topological polar surface area (TPSA) is 127 Å². The number of nitro groups is 1. The number of sulfonamides is 1. The molecule has 3 aromatic rings. The highest BCUT2D eigenvalue weighted by Crippen LogP contribution is 2.27. The van der Waals surface area contributed by atoms with Crippen LogP contribution in [-0.4, -0.2) is 46.4 Å². The van der Waals surface area contributed by atoms with Crippen LogP contribution in [0, 0.1) is 21.8 Å². The lowest BCUT2D eigenvalue weighted by molar-refractivity contribution is -0.384. The third-order valence-corrected chi connectivity index (χ3v) is 7.89. The van der Waals surface area contributed by atoms with Crippen molar-refractivity contribution in [2.75, 3.05) is 18.4 Å². The summed E-state index contributed by atoms with van der Waals surface area (Å²) in [5.41, 5.74) is 0.486. The zero-order valence-corrected chi connectivity index (χ0v) is 19.9. The van der Waals surface area contributed by atoms with Gasteiger partial charge in [-0.3, -0.25) is 19.6 Å². The third kappa shape index (κ3) is 5.66. The fourth-order valence-corrected chi connectivity index (χ4v) is 5.52. The fourth-order valence-electron chi connectivity index (χ4n) is 3.85. The van der Waals surface area contributed by atoms with E-state index in [4.69, 9.17) is 11.6 Å². The van der Waals surface area contributed by atoms with Crippen LogP contribution < -0.4 is 5.32 Å². The Hall–Kier alpha value is -3.35. The highest BCUT2D eigenvalue weighted by atomic mass is 35.5. The number of amides is 1. The summed E-state index contributed by atoms with van der Waals surface area (Å²) in [6, 6.07) is 10.7. The van der Waals surface area contributed by atoms with Crippen molar-refractivity contribution < 1.29 is 22.5 Å². The average molecular weight is 522 g/mol. The van der Waals surface area contributed by atoms with Crippen LogP contribution in [0.3, 0.4) is 0 Å². The predicted molar refractivity (Wildman–Crippen MR) is 126 cm³/mol. The van der Waals surface area contributed by atoms with Crippen molar-refractivity contribution in [3.63, 3.8) is 0 Å². The molecule has 0 bridgehead atoms. The van der Waals surface area contributed by atoms with Crippen molar-refractivity contribution in [1.29, 1.82) is 0 Å². The van der Waals surface area contributed by atoms with Crippen LogP contribution in [0.4, 0.5) is 15.9 Å². The van der Waals surface area contributed by atoms with Crippen LogP contribution in [0.5, 0.6) is 0 Å². The van der Waals surface area contributed by atoms with E-state index in [-0.39, 0.29) is 52.8 Å². The molecule has 0 saturated carbocycles. The number of rotatable bonds is 7. The van der Waals surface area contributed by atoms with Gasteiger partial charge in [-0.2, -0.15) is 9.40 Å². The van der Waals surface area contributed by atoms with E-state index in [9.17, 15) is 27.7 Å². The summed E-state index contributed by atoms with van der Waals surface area (Å²) in [6.07, 6.45) is 2.11. The molecule has 184 valence electrons. The SMILES string of the molecule is O=C(Nc1nn(Cc2cccc(F)c2)cc1Cl)C1CCN(S(=O)(=O)c2ccc([N+](=O)[O-])cc2)CC1. The lowest BCUT2D eigenvalue weighted by Gasteiger charge is -2.30. The Morgan fingerprint density at radius 2 is 1.89 bits per heavy atom. The number of nitrogens with zero attached hydrogens (tertiary/aromatic N) is 4. The van der Waals surface area contributed by atoms with Crippen molar-refractivity contribution in [3.8, 4) is 0 Å². The van der Waals surface area contributed by atoms with E-state index in [1.165, 1.54) is 39.4 Å². The molecule has 2 aromatic carbocycles. The predicted octanol–water partition coefficient (Wildman–Crippen LogP) is 3.67. The Morgan fingerprint density at radius 1 is 1.20 bits per heavy atom. The number of anilines is 1. The van der Waals surface area contributed by atoms with Gasteiger partial charge in [0.1, 0.15) is 10.8 Å². The smallest absolute Gasteiger partial charge is 0.269 e. The number of piperidine rings is 1. The summed E-state index contributed by atoms with van der Waals surface area (Å²) in [7, 11) is -3.83. The Bertz CT molecular complexity index is 1350. The molecule has 10 nitrogen and oxygen atoms in total. The van der Waals surface area contributed by atoms with Crippen molar-refractivity contribution in [3.05, 3.63) is 81.2 Å². The Labute approximate surface area is 205 Å². The minimum absolute atomic E-state index is 0.0402.